The van der Waals surface area contributed by atoms with Crippen molar-refractivity contribution in [2.75, 3.05) is 13.1 Å². The molecule has 1 aliphatic rings. The fourth-order valence-corrected chi connectivity index (χ4v) is 2.74. The molecule has 1 fully saturated rings. The van der Waals surface area contributed by atoms with Gasteiger partial charge < -0.3 is 15.7 Å². The van der Waals surface area contributed by atoms with E-state index in [1.54, 1.807) is 0 Å². The Morgan fingerprint density at radius 1 is 1.40 bits per heavy atom. The van der Waals surface area contributed by atoms with Crippen LogP contribution in [0.1, 0.15) is 46.5 Å². The molecule has 1 amide bonds. The van der Waals surface area contributed by atoms with Crippen molar-refractivity contribution in [2.24, 2.45) is 17.8 Å². The smallest absolute Gasteiger partial charge is 0.326 e. The number of aliphatic carboxylic acids is 1. The predicted octanol–water partition coefficient (Wildman–Crippen LogP) is 1.63. The quantitative estimate of drug-likeness (QED) is 0.664. The SMILES string of the molecule is CC[C@H](C)[C@H](NC(=O)CC(C)C1CCCNC1)C(=O)O. The number of hydrogen-bond donors (Lipinski definition) is 3. The normalized spacial score (nSPS) is 23.6. The van der Waals surface area contributed by atoms with Gasteiger partial charge >= 0.3 is 5.97 Å². The van der Waals surface area contributed by atoms with Crippen LogP contribution in [0.25, 0.3) is 0 Å². The average Bonchev–Trinajstić information content (AvgIpc) is 2.44. The highest BCUT2D eigenvalue weighted by atomic mass is 16.4. The van der Waals surface area contributed by atoms with E-state index >= 15 is 0 Å². The van der Waals surface area contributed by atoms with Crippen LogP contribution in [-0.2, 0) is 9.59 Å². The Labute approximate surface area is 121 Å². The Morgan fingerprint density at radius 2 is 2.10 bits per heavy atom. The van der Waals surface area contributed by atoms with Gasteiger partial charge in [0.2, 0.25) is 5.91 Å². The summed E-state index contributed by atoms with van der Waals surface area (Å²) in [5.74, 6) is -0.339. The van der Waals surface area contributed by atoms with Crippen LogP contribution in [0.15, 0.2) is 0 Å². The second kappa shape index (κ2) is 8.25. The molecule has 4 atom stereocenters. The zero-order valence-electron chi connectivity index (χ0n) is 12.8. The highest BCUT2D eigenvalue weighted by Gasteiger charge is 2.27. The van der Waals surface area contributed by atoms with Gasteiger partial charge in [0, 0.05) is 6.42 Å². The maximum absolute atomic E-state index is 12.0. The van der Waals surface area contributed by atoms with Crippen molar-refractivity contribution < 1.29 is 14.7 Å². The molecule has 3 N–H and O–H groups in total. The summed E-state index contributed by atoms with van der Waals surface area (Å²) in [7, 11) is 0. The van der Waals surface area contributed by atoms with Gasteiger partial charge in [-0.2, -0.15) is 0 Å². The third kappa shape index (κ3) is 5.12. The van der Waals surface area contributed by atoms with Crippen LogP contribution in [0, 0.1) is 17.8 Å². The standard InChI is InChI=1S/C15H28N2O3/c1-4-10(2)14(15(19)20)17-13(18)8-11(3)12-6-5-7-16-9-12/h10-12,14,16H,4-9H2,1-3H3,(H,17,18)(H,19,20)/t10-,11?,12?,14-/m0/s1. The molecule has 0 aromatic carbocycles. The molecule has 0 bridgehead atoms. The number of piperidine rings is 1. The number of carboxylic acids is 1. The number of carbonyl (C=O) groups excluding carboxylic acids is 1. The predicted molar refractivity (Wildman–Crippen MR) is 78.4 cm³/mol. The van der Waals surface area contributed by atoms with Gasteiger partial charge in [-0.3, -0.25) is 4.79 Å². The Hall–Kier alpha value is -1.10. The van der Waals surface area contributed by atoms with E-state index in [1.165, 1.54) is 0 Å². The van der Waals surface area contributed by atoms with Gasteiger partial charge in [0.05, 0.1) is 0 Å². The molecule has 116 valence electrons. The Balaban J connectivity index is 2.46. The van der Waals surface area contributed by atoms with E-state index in [-0.39, 0.29) is 17.7 Å². The van der Waals surface area contributed by atoms with Crippen LogP contribution in [-0.4, -0.2) is 36.1 Å². The average molecular weight is 284 g/mol. The van der Waals surface area contributed by atoms with E-state index in [0.29, 0.717) is 12.3 Å². The first-order valence-electron chi connectivity index (χ1n) is 7.68. The van der Waals surface area contributed by atoms with E-state index in [9.17, 15) is 14.7 Å². The molecule has 0 aromatic heterocycles. The molecule has 5 heteroatoms. The van der Waals surface area contributed by atoms with Crippen molar-refractivity contribution >= 4 is 11.9 Å². The first kappa shape index (κ1) is 17.0. The van der Waals surface area contributed by atoms with E-state index in [2.05, 4.69) is 17.6 Å². The van der Waals surface area contributed by atoms with E-state index in [4.69, 9.17) is 0 Å². The zero-order valence-corrected chi connectivity index (χ0v) is 12.8. The molecular formula is C15H28N2O3. The Morgan fingerprint density at radius 3 is 2.60 bits per heavy atom. The van der Waals surface area contributed by atoms with Gasteiger partial charge in [-0.25, -0.2) is 4.79 Å². The minimum Gasteiger partial charge on any atom is -0.480 e. The molecule has 2 unspecified atom stereocenters. The van der Waals surface area contributed by atoms with Crippen LogP contribution >= 0.6 is 0 Å². The second-order valence-electron chi connectivity index (χ2n) is 6.06. The molecule has 20 heavy (non-hydrogen) atoms. The van der Waals surface area contributed by atoms with E-state index in [0.717, 1.165) is 32.4 Å². The Bertz CT molecular complexity index is 327. The number of nitrogens with one attached hydrogen (secondary N) is 2. The van der Waals surface area contributed by atoms with Gasteiger partial charge in [-0.15, -0.1) is 0 Å². The van der Waals surface area contributed by atoms with Crippen molar-refractivity contribution in [2.45, 2.75) is 52.5 Å². The highest BCUT2D eigenvalue weighted by Crippen LogP contribution is 2.22. The van der Waals surface area contributed by atoms with Gasteiger partial charge in [0.25, 0.3) is 0 Å². The number of hydrogen-bond acceptors (Lipinski definition) is 3. The molecule has 1 aliphatic heterocycles. The summed E-state index contributed by atoms with van der Waals surface area (Å²) in [5.41, 5.74) is 0. The van der Waals surface area contributed by atoms with Crippen LogP contribution < -0.4 is 10.6 Å². The minimum absolute atomic E-state index is 0.0527. The van der Waals surface area contributed by atoms with E-state index in [1.807, 2.05) is 13.8 Å². The van der Waals surface area contributed by atoms with E-state index < -0.39 is 12.0 Å². The second-order valence-corrected chi connectivity index (χ2v) is 6.06. The number of carboxylic acid groups (broad SMARTS) is 1. The number of rotatable bonds is 7. The maximum Gasteiger partial charge on any atom is 0.326 e. The van der Waals surface area contributed by atoms with Crippen molar-refractivity contribution in [3.05, 3.63) is 0 Å². The Kier molecular flexibility index (Phi) is 6.99. The van der Waals surface area contributed by atoms with Crippen LogP contribution in [0.2, 0.25) is 0 Å². The number of carbonyl (C=O) groups is 2. The zero-order chi connectivity index (χ0) is 15.1. The van der Waals surface area contributed by atoms with Crippen LogP contribution in [0.5, 0.6) is 0 Å². The summed E-state index contributed by atoms with van der Waals surface area (Å²) in [6.45, 7) is 7.89. The fraction of sp³-hybridized carbons (Fsp3) is 0.867. The lowest BCUT2D eigenvalue weighted by molar-refractivity contribution is -0.143. The molecule has 5 nitrogen and oxygen atoms in total. The first-order chi connectivity index (χ1) is 9.45. The van der Waals surface area contributed by atoms with Gasteiger partial charge in [-0.05, 0) is 43.7 Å². The molecule has 1 rings (SSSR count). The molecule has 0 radical (unpaired) electrons. The molecule has 1 heterocycles. The first-order valence-corrected chi connectivity index (χ1v) is 7.68. The molecule has 0 saturated carbocycles. The summed E-state index contributed by atoms with van der Waals surface area (Å²) in [4.78, 5) is 23.2. The molecule has 0 aromatic rings. The van der Waals surface area contributed by atoms with Gasteiger partial charge in [0.1, 0.15) is 6.04 Å². The van der Waals surface area contributed by atoms with Crippen LogP contribution in [0.3, 0.4) is 0 Å². The summed E-state index contributed by atoms with van der Waals surface area (Å²) < 4.78 is 0. The third-order valence-electron chi connectivity index (χ3n) is 4.44. The van der Waals surface area contributed by atoms with Crippen molar-refractivity contribution in [1.82, 2.24) is 10.6 Å². The minimum atomic E-state index is -0.945. The van der Waals surface area contributed by atoms with Crippen molar-refractivity contribution in [3.8, 4) is 0 Å². The maximum atomic E-state index is 12.0. The lowest BCUT2D eigenvalue weighted by Gasteiger charge is -2.28. The lowest BCUT2D eigenvalue weighted by Crippen LogP contribution is -2.46. The third-order valence-corrected chi connectivity index (χ3v) is 4.44. The van der Waals surface area contributed by atoms with Gasteiger partial charge in [-0.1, -0.05) is 27.2 Å². The summed E-state index contributed by atoms with van der Waals surface area (Å²) in [6.07, 6.45) is 3.45. The molecule has 0 spiro atoms. The number of amides is 1. The topological polar surface area (TPSA) is 78.4 Å². The molecule has 0 aliphatic carbocycles. The summed E-state index contributed by atoms with van der Waals surface area (Å²) >= 11 is 0. The molecular weight excluding hydrogens is 256 g/mol. The lowest BCUT2D eigenvalue weighted by atomic mass is 9.85. The fourth-order valence-electron chi connectivity index (χ4n) is 2.74. The monoisotopic (exact) mass is 284 g/mol. The van der Waals surface area contributed by atoms with Crippen LogP contribution in [0.4, 0.5) is 0 Å². The molecule has 1 saturated heterocycles. The summed E-state index contributed by atoms with van der Waals surface area (Å²) in [5, 5.41) is 15.2. The highest BCUT2D eigenvalue weighted by molar-refractivity contribution is 5.83. The van der Waals surface area contributed by atoms with Gasteiger partial charge in [0.15, 0.2) is 0 Å². The van der Waals surface area contributed by atoms with Crippen molar-refractivity contribution in [1.29, 1.82) is 0 Å². The summed E-state index contributed by atoms with van der Waals surface area (Å²) in [6, 6.07) is -0.774. The largest absolute Gasteiger partial charge is 0.480 e. The van der Waals surface area contributed by atoms with Crippen molar-refractivity contribution in [3.63, 3.8) is 0 Å².